The topological polar surface area (TPSA) is 69.5 Å². The highest BCUT2D eigenvalue weighted by Crippen LogP contribution is 2.58. The lowest BCUT2D eigenvalue weighted by Gasteiger charge is -2.43. The van der Waals surface area contributed by atoms with E-state index in [2.05, 4.69) is 110 Å². The van der Waals surface area contributed by atoms with Crippen molar-refractivity contribution in [1.82, 2.24) is 15.0 Å². The van der Waals surface area contributed by atoms with Crippen molar-refractivity contribution in [2.24, 2.45) is 17.8 Å². The summed E-state index contributed by atoms with van der Waals surface area (Å²) in [5.41, 5.74) is 3.49. The van der Waals surface area contributed by atoms with Crippen LogP contribution in [-0.2, 0) is 15.7 Å². The number of anilines is 1. The molecule has 1 saturated carbocycles. The second-order valence-electron chi connectivity index (χ2n) is 13.1. The molecule has 3 aromatic carbocycles. The van der Waals surface area contributed by atoms with E-state index in [4.69, 9.17) is 9.16 Å². The minimum atomic E-state index is -2.52. The van der Waals surface area contributed by atoms with Crippen LogP contribution >= 0.6 is 0 Å². The molecule has 1 saturated heterocycles. The van der Waals surface area contributed by atoms with Gasteiger partial charge in [0.1, 0.15) is 6.10 Å². The predicted molar refractivity (Wildman–Crippen MR) is 171 cm³/mol. The molecule has 0 N–H and O–H groups in total. The fourth-order valence-corrected chi connectivity index (χ4v) is 11.8. The van der Waals surface area contributed by atoms with Gasteiger partial charge < -0.3 is 9.16 Å². The minimum absolute atomic E-state index is 0.0133. The zero-order chi connectivity index (χ0) is 29.6. The molecule has 1 aliphatic heterocycles. The minimum Gasteiger partial charge on any atom is -0.442 e. The smallest absolute Gasteiger partial charge is 0.414 e. The molecule has 2 aliphatic carbocycles. The first-order valence-electron chi connectivity index (χ1n) is 15.2. The molecule has 0 spiro atoms. The van der Waals surface area contributed by atoms with Crippen molar-refractivity contribution in [3.63, 3.8) is 0 Å². The number of ether oxygens (including phenoxy) is 1. The molecule has 2 heterocycles. The lowest BCUT2D eigenvalue weighted by Crippen LogP contribution is -2.66. The van der Waals surface area contributed by atoms with Gasteiger partial charge >= 0.3 is 6.09 Å². The van der Waals surface area contributed by atoms with Crippen LogP contribution < -0.4 is 15.3 Å². The average Bonchev–Trinajstić information content (AvgIpc) is 3.47. The molecule has 1 amide bonds. The summed E-state index contributed by atoms with van der Waals surface area (Å²) in [6, 6.07) is 30.1. The Morgan fingerprint density at radius 2 is 1.63 bits per heavy atom. The number of rotatable bonds is 9. The average molecular weight is 591 g/mol. The van der Waals surface area contributed by atoms with E-state index < -0.39 is 8.32 Å². The van der Waals surface area contributed by atoms with Crippen molar-refractivity contribution in [3.8, 4) is 0 Å². The molecule has 4 atom stereocenters. The van der Waals surface area contributed by atoms with E-state index >= 15 is 0 Å². The number of nitrogens with zero attached hydrogens (tertiary/aromatic N) is 4. The largest absolute Gasteiger partial charge is 0.442 e. The van der Waals surface area contributed by atoms with E-state index in [1.807, 2.05) is 12.1 Å². The summed E-state index contributed by atoms with van der Waals surface area (Å²) in [4.78, 5) is 14.3. The van der Waals surface area contributed by atoms with Gasteiger partial charge in [-0.1, -0.05) is 105 Å². The maximum atomic E-state index is 12.6. The fraction of sp³-hybridized carbons (Fsp3) is 0.343. The van der Waals surface area contributed by atoms with Gasteiger partial charge in [-0.05, 0) is 62.9 Å². The lowest BCUT2D eigenvalue weighted by atomic mass is 10.0. The Morgan fingerprint density at radius 3 is 2.19 bits per heavy atom. The monoisotopic (exact) mass is 590 g/mol. The Morgan fingerprint density at radius 1 is 0.953 bits per heavy atom. The molecule has 3 aliphatic rings. The molecule has 8 heteroatoms. The number of amides is 1. The van der Waals surface area contributed by atoms with Gasteiger partial charge in [0.05, 0.1) is 19.3 Å². The first-order valence-corrected chi connectivity index (χ1v) is 17.1. The number of carbonyl (C=O) groups excluding carboxylic acids is 1. The third-order valence-electron chi connectivity index (χ3n) is 9.44. The number of carbonyl (C=O) groups is 1. The summed E-state index contributed by atoms with van der Waals surface area (Å²) in [7, 11) is -2.52. The number of allylic oxidation sites excluding steroid dienone is 2. The molecule has 0 unspecified atom stereocenters. The van der Waals surface area contributed by atoms with Gasteiger partial charge in [0.2, 0.25) is 0 Å². The molecule has 2 fully saturated rings. The van der Waals surface area contributed by atoms with Gasteiger partial charge in [0, 0.05) is 18.5 Å². The Kier molecular flexibility index (Phi) is 7.06. The Bertz CT molecular complexity index is 1560. The highest BCUT2D eigenvalue weighted by molar-refractivity contribution is 6.99. The Labute approximate surface area is 254 Å². The van der Waals surface area contributed by atoms with E-state index in [1.54, 1.807) is 22.0 Å². The van der Waals surface area contributed by atoms with E-state index in [-0.39, 0.29) is 17.2 Å². The molecule has 7 rings (SSSR count). The van der Waals surface area contributed by atoms with Gasteiger partial charge in [-0.15, -0.1) is 5.10 Å². The van der Waals surface area contributed by atoms with Gasteiger partial charge in [0.15, 0.2) is 0 Å². The summed E-state index contributed by atoms with van der Waals surface area (Å²) in [5.74, 6) is 1.77. The molecule has 220 valence electrons. The SMILES string of the molecule is CC(C)(C)[Si](OC[C@H]1[C@@H]2C=C(c3ccc(N4C[C@H](Cn5ccnn5)OC4=O)cc3)C[C@@H]21)(c1ccccc1)c1ccccc1. The molecule has 43 heavy (non-hydrogen) atoms. The number of benzene rings is 3. The molecule has 7 nitrogen and oxygen atoms in total. The number of hydrogen-bond acceptors (Lipinski definition) is 5. The highest BCUT2D eigenvalue weighted by atomic mass is 28.4. The summed E-state index contributed by atoms with van der Waals surface area (Å²) in [5, 5.41) is 10.5. The number of hydrogen-bond donors (Lipinski definition) is 0. The van der Waals surface area contributed by atoms with Crippen LogP contribution in [-0.4, -0.2) is 48.7 Å². The Hall–Kier alpha value is -4.01. The quantitative estimate of drug-likeness (QED) is 0.240. The zero-order valence-corrected chi connectivity index (χ0v) is 26.0. The van der Waals surface area contributed by atoms with E-state index in [0.717, 1.165) is 18.7 Å². The zero-order valence-electron chi connectivity index (χ0n) is 25.0. The van der Waals surface area contributed by atoms with E-state index in [1.165, 1.54) is 21.5 Å². The Balaban J connectivity index is 1.03. The van der Waals surface area contributed by atoms with Crippen molar-refractivity contribution in [1.29, 1.82) is 0 Å². The molecule has 4 aromatic rings. The third-order valence-corrected chi connectivity index (χ3v) is 14.4. The fourth-order valence-electron chi connectivity index (χ4n) is 7.22. The molecular weight excluding hydrogens is 552 g/mol. The normalized spacial score (nSPS) is 23.2. The van der Waals surface area contributed by atoms with Crippen LogP contribution in [0.25, 0.3) is 5.57 Å². The highest BCUT2D eigenvalue weighted by Gasteiger charge is 2.56. The molecule has 0 bridgehead atoms. The molecule has 1 aromatic heterocycles. The first kappa shape index (κ1) is 27.8. The van der Waals surface area contributed by atoms with E-state index in [9.17, 15) is 4.79 Å². The lowest BCUT2D eigenvalue weighted by molar-refractivity contribution is 0.129. The number of aromatic nitrogens is 3. The maximum absolute atomic E-state index is 12.6. The standard InChI is InChI=1S/C35H38N4O3Si/c1-35(2,3)43(29-10-6-4-7-11-29,30-12-8-5-9-13-30)41-24-33-31-20-26(21-32(31)33)25-14-16-27(17-15-25)39-23-28(42-34(39)40)22-38-19-18-36-37-38/h4-20,28,31-33H,21-24H2,1-3H3/t28-,31+,32-,33-/m0/s1. The molecular formula is C35H38N4O3Si. The second-order valence-corrected chi connectivity index (χ2v) is 17.4. The number of cyclic esters (lactones) is 1. The first-order chi connectivity index (χ1) is 20.8. The van der Waals surface area contributed by atoms with Crippen LogP contribution in [0.15, 0.2) is 103 Å². The van der Waals surface area contributed by atoms with Crippen LogP contribution in [0.4, 0.5) is 10.5 Å². The van der Waals surface area contributed by atoms with Crippen LogP contribution in [0.5, 0.6) is 0 Å². The summed E-state index contributed by atoms with van der Waals surface area (Å²) < 4.78 is 14.5. The predicted octanol–water partition coefficient (Wildman–Crippen LogP) is 5.53. The van der Waals surface area contributed by atoms with Gasteiger partial charge in [-0.3, -0.25) is 4.90 Å². The van der Waals surface area contributed by atoms with Crippen LogP contribution in [0.3, 0.4) is 0 Å². The van der Waals surface area contributed by atoms with Crippen LogP contribution in [0.2, 0.25) is 5.04 Å². The van der Waals surface area contributed by atoms with Gasteiger partial charge in [0.25, 0.3) is 8.32 Å². The summed E-state index contributed by atoms with van der Waals surface area (Å²) in [6.45, 7) is 8.81. The van der Waals surface area contributed by atoms with Crippen molar-refractivity contribution in [2.45, 2.75) is 44.9 Å². The van der Waals surface area contributed by atoms with Crippen molar-refractivity contribution in [3.05, 3.63) is 109 Å². The summed E-state index contributed by atoms with van der Waals surface area (Å²) >= 11 is 0. The van der Waals surface area contributed by atoms with Crippen LogP contribution in [0, 0.1) is 17.8 Å². The summed E-state index contributed by atoms with van der Waals surface area (Å²) in [6.07, 6.45) is 6.38. The third kappa shape index (κ3) is 5.12. The van der Waals surface area contributed by atoms with Gasteiger partial charge in [-0.25, -0.2) is 9.48 Å². The van der Waals surface area contributed by atoms with Crippen molar-refractivity contribution < 1.29 is 14.0 Å². The van der Waals surface area contributed by atoms with Crippen molar-refractivity contribution >= 4 is 36.0 Å². The second kappa shape index (κ2) is 10.9. The van der Waals surface area contributed by atoms with Gasteiger partial charge in [-0.2, -0.15) is 0 Å². The maximum Gasteiger partial charge on any atom is 0.414 e. The van der Waals surface area contributed by atoms with Crippen LogP contribution in [0.1, 0.15) is 32.8 Å². The number of fused-ring (bicyclic) bond motifs is 1. The van der Waals surface area contributed by atoms with E-state index in [0.29, 0.717) is 30.8 Å². The molecule has 0 radical (unpaired) electrons. The van der Waals surface area contributed by atoms with Crippen molar-refractivity contribution in [2.75, 3.05) is 18.1 Å².